The number of carbonyl (C=O) groups is 3. The first-order chi connectivity index (χ1) is 19.3. The predicted octanol–water partition coefficient (Wildman–Crippen LogP) is 4.69. The minimum Gasteiger partial charge on any atom is -0.357 e. The van der Waals surface area contributed by atoms with Gasteiger partial charge in [-0.05, 0) is 43.7 Å². The number of likely N-dealkylation sites (N-methyl/N-ethyl adjacent to an activating group) is 1. The fraction of sp³-hybridized carbons (Fsp3) is 0.370. The molecule has 0 aliphatic carbocycles. The van der Waals surface area contributed by atoms with Crippen molar-refractivity contribution in [2.45, 2.75) is 51.1 Å². The van der Waals surface area contributed by atoms with Gasteiger partial charge in [-0.15, -0.1) is 0 Å². The number of hydrogen-bond acceptors (Lipinski definition) is 5. The van der Waals surface area contributed by atoms with Crippen LogP contribution in [0, 0.1) is 0 Å². The molecule has 216 valence electrons. The van der Waals surface area contributed by atoms with E-state index >= 15 is 0 Å². The van der Waals surface area contributed by atoms with Gasteiger partial charge < -0.3 is 15.1 Å². The Bertz CT molecular complexity index is 1540. The van der Waals surface area contributed by atoms with Crippen LogP contribution in [0.2, 0.25) is 10.0 Å². The Balaban J connectivity index is 1.52. The van der Waals surface area contributed by atoms with E-state index in [4.69, 9.17) is 23.2 Å². The Labute approximate surface area is 243 Å². The quantitative estimate of drug-likeness (QED) is 0.463. The van der Waals surface area contributed by atoms with Crippen LogP contribution < -0.4 is 5.32 Å². The van der Waals surface area contributed by atoms with Gasteiger partial charge in [0.2, 0.25) is 5.91 Å². The number of nitrogens with zero attached hydrogens (tertiary/aromatic N) is 5. The summed E-state index contributed by atoms with van der Waals surface area (Å²) in [5.41, 5.74) is 0.917. The molecule has 14 heteroatoms. The molecule has 3 amide bonds. The van der Waals surface area contributed by atoms with Crippen LogP contribution in [0.15, 0.2) is 36.5 Å². The van der Waals surface area contributed by atoms with Crippen molar-refractivity contribution in [2.24, 2.45) is 0 Å². The molecule has 0 bridgehead atoms. The number of halogens is 5. The van der Waals surface area contributed by atoms with Gasteiger partial charge in [-0.25, -0.2) is 4.68 Å². The molecule has 41 heavy (non-hydrogen) atoms. The first kappa shape index (κ1) is 28.9. The summed E-state index contributed by atoms with van der Waals surface area (Å²) in [5, 5.41) is 7.78. The molecule has 3 aromatic rings. The van der Waals surface area contributed by atoms with Gasteiger partial charge in [-0.3, -0.25) is 19.4 Å². The molecule has 0 unspecified atom stereocenters. The van der Waals surface area contributed by atoms with Crippen LogP contribution in [-0.2, 0) is 23.9 Å². The summed E-state index contributed by atoms with van der Waals surface area (Å²) >= 11 is 12.1. The Morgan fingerprint density at radius 3 is 2.49 bits per heavy atom. The van der Waals surface area contributed by atoms with Crippen molar-refractivity contribution in [3.63, 3.8) is 0 Å². The van der Waals surface area contributed by atoms with Gasteiger partial charge in [0, 0.05) is 36.8 Å². The second-order valence-corrected chi connectivity index (χ2v) is 10.9. The third-order valence-corrected chi connectivity index (χ3v) is 8.31. The number of hydrogen-bond donors (Lipinski definition) is 1. The standard InChI is InChI=1S/C27H25Cl2F3N6O3/c1-13-8-20-17(11-36(13)25(40)15-4-6-18(28)19(29)9-15)23-26(41)37(12-21(24(39)33-3)38(23)35-20)14(2)16-5-7-22(34-10-16)27(30,31)32/h4-7,9-10,13-14,21H,8,11-12H2,1-3H3,(H,33,39)/t13-,14+,21+/m1/s1. The Hall–Kier alpha value is -3.64. The normalized spacial score (nSPS) is 19.5. The zero-order valence-electron chi connectivity index (χ0n) is 22.2. The summed E-state index contributed by atoms with van der Waals surface area (Å²) in [5.74, 6) is -1.16. The molecule has 2 aliphatic rings. The maximum absolute atomic E-state index is 14.0. The van der Waals surface area contributed by atoms with E-state index < -0.39 is 35.8 Å². The third kappa shape index (κ3) is 5.14. The molecule has 9 nitrogen and oxygen atoms in total. The molecule has 0 spiro atoms. The molecule has 2 aliphatic heterocycles. The summed E-state index contributed by atoms with van der Waals surface area (Å²) in [4.78, 5) is 46.9. The zero-order chi connectivity index (χ0) is 29.8. The van der Waals surface area contributed by atoms with Gasteiger partial charge in [0.1, 0.15) is 17.4 Å². The van der Waals surface area contributed by atoms with Crippen molar-refractivity contribution in [1.29, 1.82) is 0 Å². The zero-order valence-corrected chi connectivity index (χ0v) is 23.7. The summed E-state index contributed by atoms with van der Waals surface area (Å²) < 4.78 is 40.5. The van der Waals surface area contributed by atoms with E-state index in [-0.39, 0.29) is 35.8 Å². The van der Waals surface area contributed by atoms with Gasteiger partial charge >= 0.3 is 6.18 Å². The van der Waals surface area contributed by atoms with Gasteiger partial charge in [-0.2, -0.15) is 18.3 Å². The van der Waals surface area contributed by atoms with Crippen LogP contribution in [0.4, 0.5) is 13.2 Å². The Morgan fingerprint density at radius 1 is 1.15 bits per heavy atom. The SMILES string of the molecule is CNC(=O)[C@@H]1CN([C@@H](C)c2ccc(C(F)(F)F)nc2)C(=O)c2c3c(nn21)C[C@@H](C)N(C(=O)c1ccc(Cl)c(Cl)c1)C3. The monoisotopic (exact) mass is 608 g/mol. The number of fused-ring (bicyclic) bond motifs is 3. The summed E-state index contributed by atoms with van der Waals surface area (Å²) in [6.07, 6.45) is -3.18. The number of amides is 3. The largest absolute Gasteiger partial charge is 0.433 e. The number of benzene rings is 1. The van der Waals surface area contributed by atoms with E-state index in [1.807, 2.05) is 6.92 Å². The lowest BCUT2D eigenvalue weighted by molar-refractivity contribution is -0.141. The summed E-state index contributed by atoms with van der Waals surface area (Å²) in [6, 6.07) is 4.84. The lowest BCUT2D eigenvalue weighted by Gasteiger charge is -2.38. The van der Waals surface area contributed by atoms with Crippen LogP contribution in [0.25, 0.3) is 0 Å². The van der Waals surface area contributed by atoms with Crippen LogP contribution in [0.1, 0.15) is 69.3 Å². The van der Waals surface area contributed by atoms with E-state index in [1.165, 1.54) is 34.8 Å². The average molecular weight is 609 g/mol. The molecule has 1 N–H and O–H groups in total. The highest BCUT2D eigenvalue weighted by molar-refractivity contribution is 6.42. The number of pyridine rings is 1. The lowest BCUT2D eigenvalue weighted by Crippen LogP contribution is -2.49. The molecule has 2 aromatic heterocycles. The maximum atomic E-state index is 14.0. The number of nitrogens with one attached hydrogen (secondary N) is 1. The molecule has 0 radical (unpaired) electrons. The molecule has 0 saturated heterocycles. The van der Waals surface area contributed by atoms with Crippen LogP contribution in [-0.4, -0.2) is 61.9 Å². The third-order valence-electron chi connectivity index (χ3n) is 7.57. The minimum absolute atomic E-state index is 0.0567. The van der Waals surface area contributed by atoms with Crippen molar-refractivity contribution in [1.82, 2.24) is 29.9 Å². The van der Waals surface area contributed by atoms with Crippen molar-refractivity contribution < 1.29 is 27.6 Å². The van der Waals surface area contributed by atoms with Crippen LogP contribution in [0.5, 0.6) is 0 Å². The van der Waals surface area contributed by atoms with E-state index in [0.717, 1.165) is 12.3 Å². The van der Waals surface area contributed by atoms with E-state index in [0.29, 0.717) is 33.8 Å². The van der Waals surface area contributed by atoms with Gasteiger partial charge in [-0.1, -0.05) is 29.3 Å². The van der Waals surface area contributed by atoms with Crippen molar-refractivity contribution in [3.8, 4) is 0 Å². The molecule has 0 fully saturated rings. The highest BCUT2D eigenvalue weighted by Gasteiger charge is 2.43. The number of rotatable bonds is 4. The van der Waals surface area contributed by atoms with Crippen LogP contribution >= 0.6 is 23.2 Å². The van der Waals surface area contributed by atoms with Gasteiger partial charge in [0.15, 0.2) is 0 Å². The second-order valence-electron chi connectivity index (χ2n) is 10.1. The Kier molecular flexibility index (Phi) is 7.49. The molecule has 5 rings (SSSR count). The fourth-order valence-electron chi connectivity index (χ4n) is 5.26. The second kappa shape index (κ2) is 10.6. The van der Waals surface area contributed by atoms with Crippen molar-refractivity contribution in [3.05, 3.63) is 80.3 Å². The number of aromatic nitrogens is 3. The number of alkyl halides is 3. The first-order valence-corrected chi connectivity index (χ1v) is 13.5. The Morgan fingerprint density at radius 2 is 1.88 bits per heavy atom. The highest BCUT2D eigenvalue weighted by Crippen LogP contribution is 2.36. The molecular formula is C27H25Cl2F3N6O3. The molecule has 4 heterocycles. The topological polar surface area (TPSA) is 100 Å². The molecular weight excluding hydrogens is 584 g/mol. The smallest absolute Gasteiger partial charge is 0.357 e. The fourth-order valence-corrected chi connectivity index (χ4v) is 5.56. The first-order valence-electron chi connectivity index (χ1n) is 12.7. The molecule has 3 atom stereocenters. The molecule has 0 saturated carbocycles. The van der Waals surface area contributed by atoms with Crippen molar-refractivity contribution >= 4 is 40.9 Å². The summed E-state index contributed by atoms with van der Waals surface area (Å²) in [6.45, 7) is 3.52. The van der Waals surface area contributed by atoms with E-state index in [9.17, 15) is 27.6 Å². The predicted molar refractivity (Wildman–Crippen MR) is 144 cm³/mol. The van der Waals surface area contributed by atoms with Gasteiger partial charge in [0.05, 0.1) is 34.9 Å². The van der Waals surface area contributed by atoms with Crippen molar-refractivity contribution in [2.75, 3.05) is 13.6 Å². The highest BCUT2D eigenvalue weighted by atomic mass is 35.5. The maximum Gasteiger partial charge on any atom is 0.433 e. The van der Waals surface area contributed by atoms with E-state index in [2.05, 4.69) is 15.4 Å². The number of carbonyl (C=O) groups excluding carboxylic acids is 3. The molecule has 1 aromatic carbocycles. The van der Waals surface area contributed by atoms with E-state index in [1.54, 1.807) is 17.9 Å². The lowest BCUT2D eigenvalue weighted by atomic mass is 9.96. The summed E-state index contributed by atoms with van der Waals surface area (Å²) in [7, 11) is 1.47. The van der Waals surface area contributed by atoms with Gasteiger partial charge in [0.25, 0.3) is 11.8 Å². The van der Waals surface area contributed by atoms with Crippen LogP contribution in [0.3, 0.4) is 0 Å². The minimum atomic E-state index is -4.60. The average Bonchev–Trinajstić information content (AvgIpc) is 3.31.